The second kappa shape index (κ2) is 7.45. The van der Waals surface area contributed by atoms with Crippen LogP contribution in [0.2, 0.25) is 0 Å². The van der Waals surface area contributed by atoms with Crippen molar-refractivity contribution in [3.63, 3.8) is 0 Å². The molecule has 30 heavy (non-hydrogen) atoms. The van der Waals surface area contributed by atoms with Crippen LogP contribution in [0.5, 0.6) is 0 Å². The summed E-state index contributed by atoms with van der Waals surface area (Å²) in [7, 11) is 0. The van der Waals surface area contributed by atoms with E-state index in [1.54, 1.807) is 18.5 Å². The molecular formula is C19H13F2N7S2. The first-order valence-electron chi connectivity index (χ1n) is 9.04. The SMILES string of the molecule is N#Cc1cc(C(F)F)ccc1CSC1=NC2(CC2)c2cc(-n3nccn3)nnc2S1. The molecule has 1 aromatic carbocycles. The molecule has 0 atom stereocenters. The molecule has 0 saturated heterocycles. The van der Waals surface area contributed by atoms with Crippen LogP contribution in [0, 0.1) is 11.3 Å². The van der Waals surface area contributed by atoms with Crippen molar-refractivity contribution in [2.24, 2.45) is 4.99 Å². The van der Waals surface area contributed by atoms with E-state index >= 15 is 0 Å². The third-order valence-electron chi connectivity index (χ3n) is 4.94. The van der Waals surface area contributed by atoms with E-state index in [0.717, 1.165) is 27.8 Å². The molecule has 0 unspecified atom stereocenters. The Balaban J connectivity index is 1.37. The fraction of sp³-hybridized carbons (Fsp3) is 0.263. The Morgan fingerprint density at radius 2 is 2.00 bits per heavy atom. The summed E-state index contributed by atoms with van der Waals surface area (Å²) in [5.41, 5.74) is 1.56. The Morgan fingerprint density at radius 3 is 2.70 bits per heavy atom. The van der Waals surface area contributed by atoms with Gasteiger partial charge in [-0.05, 0) is 42.3 Å². The van der Waals surface area contributed by atoms with Crippen LogP contribution in [0.3, 0.4) is 0 Å². The highest BCUT2D eigenvalue weighted by Gasteiger charge is 2.49. The molecule has 0 radical (unpaired) electrons. The van der Waals surface area contributed by atoms with E-state index in [-0.39, 0.29) is 16.7 Å². The number of nitrogens with zero attached hydrogens (tertiary/aromatic N) is 7. The first kappa shape index (κ1) is 19.1. The monoisotopic (exact) mass is 441 g/mol. The molecule has 11 heteroatoms. The van der Waals surface area contributed by atoms with Gasteiger partial charge in [-0.3, -0.25) is 4.99 Å². The third-order valence-corrected chi connectivity index (χ3v) is 7.10. The number of hydrogen-bond donors (Lipinski definition) is 0. The van der Waals surface area contributed by atoms with E-state index in [0.29, 0.717) is 17.1 Å². The molecule has 0 amide bonds. The minimum atomic E-state index is -2.59. The Kier molecular flexibility index (Phi) is 4.75. The van der Waals surface area contributed by atoms with E-state index in [4.69, 9.17) is 4.99 Å². The van der Waals surface area contributed by atoms with Gasteiger partial charge in [0.15, 0.2) is 5.82 Å². The first-order valence-corrected chi connectivity index (χ1v) is 10.8. The van der Waals surface area contributed by atoms with Crippen LogP contribution in [-0.4, -0.2) is 29.6 Å². The summed E-state index contributed by atoms with van der Waals surface area (Å²) in [6.07, 6.45) is 2.42. The van der Waals surface area contributed by atoms with Crippen molar-refractivity contribution in [3.05, 3.63) is 58.9 Å². The maximum Gasteiger partial charge on any atom is 0.263 e. The van der Waals surface area contributed by atoms with Crippen molar-refractivity contribution in [2.45, 2.75) is 35.6 Å². The average molecular weight is 441 g/mol. The Morgan fingerprint density at radius 1 is 1.20 bits per heavy atom. The van der Waals surface area contributed by atoms with Gasteiger partial charge in [0.25, 0.3) is 6.43 Å². The summed E-state index contributed by atoms with van der Waals surface area (Å²) in [6.45, 7) is 0. The van der Waals surface area contributed by atoms with E-state index in [1.807, 2.05) is 12.1 Å². The van der Waals surface area contributed by atoms with E-state index < -0.39 is 6.43 Å². The number of aromatic nitrogens is 5. The molecule has 0 N–H and O–H groups in total. The largest absolute Gasteiger partial charge is 0.263 e. The van der Waals surface area contributed by atoms with Crippen LogP contribution < -0.4 is 0 Å². The van der Waals surface area contributed by atoms with Crippen molar-refractivity contribution < 1.29 is 8.78 Å². The van der Waals surface area contributed by atoms with Crippen LogP contribution in [0.25, 0.3) is 5.82 Å². The molecule has 150 valence electrons. The standard InChI is InChI=1S/C19H13F2N7S2/c20-16(21)11-1-2-12(13(7-11)9-22)10-29-18-25-19(3-4-19)14-8-15(26-27-17(14)30-18)28-23-5-6-24-28/h1-2,5-8,16H,3-4,10H2. The number of hydrogen-bond acceptors (Lipinski definition) is 8. The molecule has 1 aliphatic heterocycles. The topological polar surface area (TPSA) is 92.6 Å². The Bertz CT molecular complexity index is 1180. The van der Waals surface area contributed by atoms with Crippen molar-refractivity contribution in [1.29, 1.82) is 5.26 Å². The van der Waals surface area contributed by atoms with E-state index in [1.165, 1.54) is 40.5 Å². The fourth-order valence-electron chi connectivity index (χ4n) is 3.21. The summed E-state index contributed by atoms with van der Waals surface area (Å²) in [6, 6.07) is 8.16. The summed E-state index contributed by atoms with van der Waals surface area (Å²) < 4.78 is 26.6. The zero-order valence-electron chi connectivity index (χ0n) is 15.4. The second-order valence-corrected chi connectivity index (χ2v) is 9.07. The number of thioether (sulfide) groups is 2. The predicted octanol–water partition coefficient (Wildman–Crippen LogP) is 4.25. The van der Waals surface area contributed by atoms with Gasteiger partial charge < -0.3 is 0 Å². The minimum absolute atomic E-state index is 0.145. The van der Waals surface area contributed by atoms with Gasteiger partial charge in [0.05, 0.1) is 29.6 Å². The zero-order chi connectivity index (χ0) is 20.7. The number of fused-ring (bicyclic) bond motifs is 2. The average Bonchev–Trinajstić information content (AvgIpc) is 3.30. The summed E-state index contributed by atoms with van der Waals surface area (Å²) in [5, 5.41) is 26.9. The zero-order valence-corrected chi connectivity index (χ0v) is 17.0. The van der Waals surface area contributed by atoms with Gasteiger partial charge in [-0.25, -0.2) is 8.78 Å². The number of nitriles is 1. The Labute approximate surface area is 178 Å². The number of benzene rings is 1. The molecule has 5 rings (SSSR count). The molecule has 3 heterocycles. The van der Waals surface area contributed by atoms with E-state index in [2.05, 4.69) is 20.4 Å². The van der Waals surface area contributed by atoms with Crippen molar-refractivity contribution in [2.75, 3.05) is 0 Å². The number of rotatable bonds is 4. The van der Waals surface area contributed by atoms with E-state index in [9.17, 15) is 14.0 Å². The van der Waals surface area contributed by atoms with Crippen LogP contribution in [0.15, 0.2) is 46.7 Å². The summed E-state index contributed by atoms with van der Waals surface area (Å²) in [5.74, 6) is 1.02. The van der Waals surface area contributed by atoms with Gasteiger partial charge in [0.1, 0.15) is 9.40 Å². The lowest BCUT2D eigenvalue weighted by Crippen LogP contribution is -2.16. The maximum atomic E-state index is 12.9. The lowest BCUT2D eigenvalue weighted by atomic mass is 10.1. The summed E-state index contributed by atoms with van der Waals surface area (Å²) >= 11 is 2.91. The number of aliphatic imine (C=N–C) groups is 1. The smallest absolute Gasteiger partial charge is 0.260 e. The molecule has 1 aliphatic carbocycles. The van der Waals surface area contributed by atoms with Crippen molar-refractivity contribution >= 4 is 27.9 Å². The van der Waals surface area contributed by atoms with Gasteiger partial charge in [0.2, 0.25) is 0 Å². The molecule has 1 spiro atoms. The van der Waals surface area contributed by atoms with Gasteiger partial charge in [-0.2, -0.15) is 15.5 Å². The second-order valence-electron chi connectivity index (χ2n) is 6.87. The first-order chi connectivity index (χ1) is 14.6. The highest BCUT2D eigenvalue weighted by Crippen LogP contribution is 2.56. The van der Waals surface area contributed by atoms with Crippen molar-refractivity contribution in [3.8, 4) is 11.9 Å². The summed E-state index contributed by atoms with van der Waals surface area (Å²) in [4.78, 5) is 6.35. The molecule has 3 aromatic rings. The lowest BCUT2D eigenvalue weighted by molar-refractivity contribution is 0.151. The minimum Gasteiger partial charge on any atom is -0.260 e. The van der Waals surface area contributed by atoms with Crippen LogP contribution in [-0.2, 0) is 11.3 Å². The highest BCUT2D eigenvalue weighted by molar-refractivity contribution is 8.38. The number of halogens is 2. The molecule has 1 fully saturated rings. The molecular weight excluding hydrogens is 428 g/mol. The van der Waals surface area contributed by atoms with Gasteiger partial charge in [-0.1, -0.05) is 23.9 Å². The highest BCUT2D eigenvalue weighted by atomic mass is 32.2. The molecule has 1 saturated carbocycles. The Hall–Kier alpha value is -2.84. The maximum absolute atomic E-state index is 12.9. The van der Waals surface area contributed by atoms with Crippen LogP contribution >= 0.6 is 23.5 Å². The lowest BCUT2D eigenvalue weighted by Gasteiger charge is -2.21. The fourth-order valence-corrected chi connectivity index (χ4v) is 5.46. The molecule has 2 aliphatic rings. The quantitative estimate of drug-likeness (QED) is 0.597. The van der Waals surface area contributed by atoms with Gasteiger partial charge >= 0.3 is 0 Å². The van der Waals surface area contributed by atoms with Crippen LogP contribution in [0.4, 0.5) is 8.78 Å². The molecule has 0 bridgehead atoms. The normalized spacial score (nSPS) is 16.3. The van der Waals surface area contributed by atoms with Crippen LogP contribution in [0.1, 0.15) is 41.5 Å². The van der Waals surface area contributed by atoms with Gasteiger partial charge in [-0.15, -0.1) is 15.0 Å². The number of alkyl halides is 2. The molecule has 7 nitrogen and oxygen atoms in total. The molecule has 2 aromatic heterocycles. The van der Waals surface area contributed by atoms with Gasteiger partial charge in [0, 0.05) is 16.9 Å². The predicted molar refractivity (Wildman–Crippen MR) is 109 cm³/mol. The van der Waals surface area contributed by atoms with Crippen molar-refractivity contribution in [1.82, 2.24) is 25.2 Å². The third kappa shape index (κ3) is 3.46.